The molecule has 0 saturated heterocycles. The second kappa shape index (κ2) is 7.72. The maximum Gasteiger partial charge on any atom is 0.327 e. The van der Waals surface area contributed by atoms with Gasteiger partial charge in [-0.25, -0.2) is 9.78 Å². The van der Waals surface area contributed by atoms with Crippen LogP contribution in [0.15, 0.2) is 0 Å². The number of carbonyl (C=O) groups is 3. The Morgan fingerprint density at radius 2 is 2.00 bits per heavy atom. The van der Waals surface area contributed by atoms with Crippen molar-refractivity contribution in [2.75, 3.05) is 5.32 Å². The summed E-state index contributed by atoms with van der Waals surface area (Å²) in [5.41, 5.74) is 0.914. The van der Waals surface area contributed by atoms with E-state index in [1.165, 1.54) is 11.3 Å². The lowest BCUT2D eigenvalue weighted by molar-refractivity contribution is -0.138. The maximum atomic E-state index is 11.6. The van der Waals surface area contributed by atoms with Crippen molar-refractivity contribution in [3.8, 4) is 0 Å². The number of anilines is 1. The van der Waals surface area contributed by atoms with Gasteiger partial charge in [-0.2, -0.15) is 0 Å². The van der Waals surface area contributed by atoms with E-state index < -0.39 is 17.9 Å². The molecule has 7 nitrogen and oxygen atoms in total. The van der Waals surface area contributed by atoms with Gasteiger partial charge >= 0.3 is 12.0 Å². The normalized spacial score (nSPS) is 11.8. The zero-order valence-electron chi connectivity index (χ0n) is 12.2. The van der Waals surface area contributed by atoms with Gasteiger partial charge in [0.2, 0.25) is 5.91 Å². The fourth-order valence-electron chi connectivity index (χ4n) is 1.80. The number of hydrogen-bond acceptors (Lipinski definition) is 5. The number of carbonyl (C=O) groups excluding carboxylic acids is 2. The third kappa shape index (κ3) is 5.90. The van der Waals surface area contributed by atoms with Gasteiger partial charge in [0.1, 0.15) is 0 Å². The molecule has 1 aromatic rings. The molecule has 3 amide bonds. The van der Waals surface area contributed by atoms with Crippen LogP contribution in [0.1, 0.15) is 37.3 Å². The summed E-state index contributed by atoms with van der Waals surface area (Å²) in [5.74, 6) is -1.81. The predicted molar refractivity (Wildman–Crippen MR) is 79.4 cm³/mol. The number of amides is 3. The first kappa shape index (κ1) is 17.1. The summed E-state index contributed by atoms with van der Waals surface area (Å²) in [5, 5.41) is 13.7. The molecule has 3 N–H and O–H groups in total. The molecule has 0 aliphatic rings. The largest absolute Gasteiger partial charge is 0.481 e. The molecule has 0 saturated carbocycles. The number of aliphatic carboxylic acids is 1. The summed E-state index contributed by atoms with van der Waals surface area (Å²) in [6.45, 7) is 5.53. The van der Waals surface area contributed by atoms with Crippen molar-refractivity contribution in [1.82, 2.24) is 10.3 Å². The van der Waals surface area contributed by atoms with Crippen molar-refractivity contribution < 1.29 is 19.5 Å². The van der Waals surface area contributed by atoms with Crippen LogP contribution in [0.3, 0.4) is 0 Å². The minimum atomic E-state index is -0.967. The van der Waals surface area contributed by atoms with Crippen LogP contribution in [0.5, 0.6) is 0 Å². The molecule has 1 aromatic heterocycles. The first-order valence-corrected chi connectivity index (χ1v) is 7.42. The average molecular weight is 313 g/mol. The highest BCUT2D eigenvalue weighted by Gasteiger charge is 2.16. The van der Waals surface area contributed by atoms with E-state index in [0.29, 0.717) is 5.13 Å². The summed E-state index contributed by atoms with van der Waals surface area (Å²) in [7, 11) is 0. The molecule has 1 rings (SSSR count). The number of imide groups is 1. The van der Waals surface area contributed by atoms with Crippen LogP contribution in [0.4, 0.5) is 9.93 Å². The van der Waals surface area contributed by atoms with Crippen molar-refractivity contribution in [3.63, 3.8) is 0 Å². The highest BCUT2D eigenvalue weighted by molar-refractivity contribution is 7.15. The van der Waals surface area contributed by atoms with E-state index in [9.17, 15) is 14.4 Å². The molecule has 116 valence electrons. The van der Waals surface area contributed by atoms with Crippen LogP contribution in [0.2, 0.25) is 0 Å². The van der Waals surface area contributed by atoms with Gasteiger partial charge in [-0.3, -0.25) is 20.2 Å². The molecule has 0 spiro atoms. The highest BCUT2D eigenvalue weighted by atomic mass is 32.1. The number of carboxylic acid groups (broad SMARTS) is 1. The first-order chi connectivity index (χ1) is 9.81. The Morgan fingerprint density at radius 1 is 1.33 bits per heavy atom. The Morgan fingerprint density at radius 3 is 2.52 bits per heavy atom. The SMILES string of the molecule is CCc1nc(NC(=O)NC(=O)CC(C)CC(=O)O)sc1C. The van der Waals surface area contributed by atoms with Crippen LogP contribution in [0, 0.1) is 12.8 Å². The third-order valence-corrected chi connectivity index (χ3v) is 3.69. The lowest BCUT2D eigenvalue weighted by Crippen LogP contribution is -2.35. The smallest absolute Gasteiger partial charge is 0.327 e. The summed E-state index contributed by atoms with van der Waals surface area (Å²) in [4.78, 5) is 39.0. The summed E-state index contributed by atoms with van der Waals surface area (Å²) < 4.78 is 0. The molecular weight excluding hydrogens is 294 g/mol. The van der Waals surface area contributed by atoms with Gasteiger partial charge in [-0.15, -0.1) is 11.3 Å². The molecule has 0 aliphatic carbocycles. The number of aryl methyl sites for hydroxylation is 2. The average Bonchev–Trinajstić information content (AvgIpc) is 2.67. The Kier molecular flexibility index (Phi) is 6.29. The fraction of sp³-hybridized carbons (Fsp3) is 0.538. The lowest BCUT2D eigenvalue weighted by atomic mass is 10.0. The van der Waals surface area contributed by atoms with Crippen molar-refractivity contribution in [2.24, 2.45) is 5.92 Å². The predicted octanol–water partition coefficient (Wildman–Crippen LogP) is 2.16. The Bertz CT molecular complexity index is 542. The molecule has 0 fully saturated rings. The number of thiazole rings is 1. The van der Waals surface area contributed by atoms with E-state index in [4.69, 9.17) is 5.11 Å². The maximum absolute atomic E-state index is 11.6. The number of aromatic nitrogens is 1. The second-order valence-corrected chi connectivity index (χ2v) is 5.99. The van der Waals surface area contributed by atoms with E-state index in [0.717, 1.165) is 17.0 Å². The van der Waals surface area contributed by atoms with Crippen molar-refractivity contribution in [2.45, 2.75) is 40.0 Å². The first-order valence-electron chi connectivity index (χ1n) is 6.60. The fourth-order valence-corrected chi connectivity index (χ4v) is 2.70. The zero-order valence-corrected chi connectivity index (χ0v) is 13.0. The number of nitrogens with one attached hydrogen (secondary N) is 2. The van der Waals surface area contributed by atoms with Gasteiger partial charge in [0.15, 0.2) is 5.13 Å². The number of urea groups is 1. The molecule has 1 atom stereocenters. The monoisotopic (exact) mass is 313 g/mol. The van der Waals surface area contributed by atoms with E-state index in [1.807, 2.05) is 13.8 Å². The Balaban J connectivity index is 2.45. The van der Waals surface area contributed by atoms with Gasteiger partial charge < -0.3 is 5.11 Å². The number of carboxylic acids is 1. The molecule has 1 unspecified atom stereocenters. The van der Waals surface area contributed by atoms with E-state index >= 15 is 0 Å². The number of hydrogen-bond donors (Lipinski definition) is 3. The van der Waals surface area contributed by atoms with Crippen molar-refractivity contribution >= 4 is 34.4 Å². The minimum absolute atomic E-state index is 0.0170. The van der Waals surface area contributed by atoms with E-state index in [-0.39, 0.29) is 18.8 Å². The van der Waals surface area contributed by atoms with Gasteiger partial charge in [-0.05, 0) is 19.3 Å². The summed E-state index contributed by atoms with van der Waals surface area (Å²) in [6.07, 6.45) is 0.647. The van der Waals surface area contributed by atoms with Gasteiger partial charge in [0.25, 0.3) is 0 Å². The second-order valence-electron chi connectivity index (χ2n) is 4.78. The number of nitrogens with zero attached hydrogens (tertiary/aromatic N) is 1. The summed E-state index contributed by atoms with van der Waals surface area (Å²) in [6, 6.07) is -0.654. The molecule has 8 heteroatoms. The van der Waals surface area contributed by atoms with Crippen molar-refractivity contribution in [1.29, 1.82) is 0 Å². The van der Waals surface area contributed by atoms with E-state index in [2.05, 4.69) is 15.6 Å². The third-order valence-electron chi connectivity index (χ3n) is 2.76. The molecule has 0 aliphatic heterocycles. The van der Waals surface area contributed by atoms with Crippen molar-refractivity contribution in [3.05, 3.63) is 10.6 Å². The molecule has 1 heterocycles. The molecule has 0 bridgehead atoms. The zero-order chi connectivity index (χ0) is 16.0. The van der Waals surface area contributed by atoms with Crippen LogP contribution in [-0.2, 0) is 16.0 Å². The molecule has 0 radical (unpaired) electrons. The van der Waals surface area contributed by atoms with Gasteiger partial charge in [0, 0.05) is 17.7 Å². The summed E-state index contributed by atoms with van der Waals surface area (Å²) >= 11 is 1.34. The highest BCUT2D eigenvalue weighted by Crippen LogP contribution is 2.22. The molecule has 0 aromatic carbocycles. The molecular formula is C13H19N3O4S. The lowest BCUT2D eigenvalue weighted by Gasteiger charge is -2.08. The van der Waals surface area contributed by atoms with Gasteiger partial charge in [-0.1, -0.05) is 13.8 Å². The minimum Gasteiger partial charge on any atom is -0.481 e. The molecule has 21 heavy (non-hydrogen) atoms. The Labute approximate surface area is 126 Å². The standard InChI is InChI=1S/C13H19N3O4S/c1-4-9-8(3)21-13(14-9)16-12(20)15-10(17)5-7(2)6-11(18)19/h7H,4-6H2,1-3H3,(H,18,19)(H2,14,15,16,17,20). The Hall–Kier alpha value is -1.96. The van der Waals surface area contributed by atoms with Crippen LogP contribution >= 0.6 is 11.3 Å². The topological polar surface area (TPSA) is 108 Å². The number of rotatable bonds is 6. The quantitative estimate of drug-likeness (QED) is 0.745. The van der Waals surface area contributed by atoms with Crippen LogP contribution in [0.25, 0.3) is 0 Å². The van der Waals surface area contributed by atoms with E-state index in [1.54, 1.807) is 6.92 Å². The van der Waals surface area contributed by atoms with Gasteiger partial charge in [0.05, 0.1) is 5.69 Å². The van der Waals surface area contributed by atoms with Crippen LogP contribution < -0.4 is 10.6 Å². The van der Waals surface area contributed by atoms with Crippen LogP contribution in [-0.4, -0.2) is 28.0 Å².